The molecule has 29 heavy (non-hydrogen) atoms. The average molecular weight is 419 g/mol. The molecular formula is C19H20ClFN6O2. The van der Waals surface area contributed by atoms with Crippen LogP contribution in [0.3, 0.4) is 0 Å². The van der Waals surface area contributed by atoms with E-state index in [1.165, 1.54) is 18.3 Å². The lowest BCUT2D eigenvalue weighted by atomic mass is 10.1. The van der Waals surface area contributed by atoms with Crippen LogP contribution in [0.1, 0.15) is 12.7 Å². The zero-order chi connectivity index (χ0) is 20.5. The van der Waals surface area contributed by atoms with Gasteiger partial charge in [0.05, 0.1) is 12.2 Å². The van der Waals surface area contributed by atoms with Crippen LogP contribution in [0.4, 0.5) is 10.2 Å². The summed E-state index contributed by atoms with van der Waals surface area (Å²) in [5.74, 6) is 0.690. The Labute approximate surface area is 171 Å². The van der Waals surface area contributed by atoms with Crippen LogP contribution in [-0.4, -0.2) is 42.0 Å². The molecule has 1 aromatic carbocycles. The topological polar surface area (TPSA) is 82.0 Å². The van der Waals surface area contributed by atoms with Gasteiger partial charge in [0.2, 0.25) is 0 Å². The average Bonchev–Trinajstić information content (AvgIpc) is 3.26. The molecule has 0 N–H and O–H groups in total. The standard InChI is InChI=1S/C19H20ClFN6O2/c1-13(9-26-12-18(27(28)29)23-19(26)20)8-24-6-7-25-10-16(22-17(25)11-24)14-2-4-15(21)5-3-14/h2-5,10,12-13H,6-9,11H2,1H3. The molecule has 152 valence electrons. The molecule has 0 saturated carbocycles. The molecule has 0 saturated heterocycles. The second-order valence-electron chi connectivity index (χ2n) is 7.36. The number of fused-ring (bicyclic) bond motifs is 1. The Morgan fingerprint density at radius 3 is 2.66 bits per heavy atom. The van der Waals surface area contributed by atoms with Crippen molar-refractivity contribution in [1.82, 2.24) is 24.0 Å². The molecule has 0 fully saturated rings. The van der Waals surface area contributed by atoms with Gasteiger partial charge in [-0.15, -0.1) is 0 Å². The first-order chi connectivity index (χ1) is 13.9. The molecule has 1 unspecified atom stereocenters. The largest absolute Gasteiger partial charge is 0.383 e. The van der Waals surface area contributed by atoms with Crippen molar-refractivity contribution in [2.75, 3.05) is 13.1 Å². The molecule has 0 radical (unpaired) electrons. The number of hydrogen-bond donors (Lipinski definition) is 0. The minimum absolute atomic E-state index is 0.127. The number of hydrogen-bond acceptors (Lipinski definition) is 5. The van der Waals surface area contributed by atoms with Crippen LogP contribution in [0.25, 0.3) is 11.3 Å². The first kappa shape index (κ1) is 19.5. The predicted octanol–water partition coefficient (Wildman–Crippen LogP) is 3.60. The fraction of sp³-hybridized carbons (Fsp3) is 0.368. The summed E-state index contributed by atoms with van der Waals surface area (Å²) >= 11 is 6.01. The molecule has 2 aromatic heterocycles. The van der Waals surface area contributed by atoms with Crippen molar-refractivity contribution in [3.63, 3.8) is 0 Å². The SMILES string of the molecule is CC(CN1CCn2cc(-c3ccc(F)cc3)nc2C1)Cn1cc([N+](=O)[O-])nc1Cl. The van der Waals surface area contributed by atoms with Crippen LogP contribution in [0, 0.1) is 21.8 Å². The molecule has 1 aliphatic rings. The van der Waals surface area contributed by atoms with E-state index < -0.39 is 4.92 Å². The van der Waals surface area contributed by atoms with Gasteiger partial charge in [0.1, 0.15) is 17.8 Å². The molecule has 3 aromatic rings. The fourth-order valence-electron chi connectivity index (χ4n) is 3.65. The molecule has 0 bridgehead atoms. The summed E-state index contributed by atoms with van der Waals surface area (Å²) in [6, 6.07) is 6.34. The summed E-state index contributed by atoms with van der Waals surface area (Å²) in [7, 11) is 0. The summed E-state index contributed by atoms with van der Waals surface area (Å²) in [5, 5.41) is 11.0. The van der Waals surface area contributed by atoms with E-state index >= 15 is 0 Å². The first-order valence-electron chi connectivity index (χ1n) is 9.30. The normalized spacial score (nSPS) is 15.3. The van der Waals surface area contributed by atoms with E-state index in [4.69, 9.17) is 16.6 Å². The Bertz CT molecular complexity index is 1030. The molecule has 10 heteroatoms. The maximum absolute atomic E-state index is 13.1. The molecular weight excluding hydrogens is 399 g/mol. The van der Waals surface area contributed by atoms with E-state index in [0.717, 1.165) is 36.7 Å². The number of nitro groups is 1. The Kier molecular flexibility index (Phi) is 5.33. The van der Waals surface area contributed by atoms with Gasteiger partial charge in [-0.3, -0.25) is 9.47 Å². The maximum Gasteiger partial charge on any atom is 0.383 e. The molecule has 0 amide bonds. The van der Waals surface area contributed by atoms with Gasteiger partial charge in [-0.1, -0.05) is 6.92 Å². The van der Waals surface area contributed by atoms with Gasteiger partial charge >= 0.3 is 11.1 Å². The molecule has 0 spiro atoms. The van der Waals surface area contributed by atoms with Crippen LogP contribution < -0.4 is 0 Å². The summed E-state index contributed by atoms with van der Waals surface area (Å²) in [5.41, 5.74) is 1.73. The smallest absolute Gasteiger partial charge is 0.358 e. The van der Waals surface area contributed by atoms with Crippen LogP contribution >= 0.6 is 11.6 Å². The monoisotopic (exact) mass is 418 g/mol. The lowest BCUT2D eigenvalue weighted by molar-refractivity contribution is -0.389. The Balaban J connectivity index is 1.40. The van der Waals surface area contributed by atoms with Crippen molar-refractivity contribution in [3.8, 4) is 11.3 Å². The molecule has 4 rings (SSSR count). The molecule has 1 aliphatic heterocycles. The number of imidazole rings is 2. The van der Waals surface area contributed by atoms with Gasteiger partial charge in [0.15, 0.2) is 0 Å². The van der Waals surface area contributed by atoms with E-state index in [-0.39, 0.29) is 22.8 Å². The first-order valence-corrected chi connectivity index (χ1v) is 9.68. The van der Waals surface area contributed by atoms with E-state index in [9.17, 15) is 14.5 Å². The highest BCUT2D eigenvalue weighted by molar-refractivity contribution is 6.28. The van der Waals surface area contributed by atoms with Crippen LogP contribution in [0.2, 0.25) is 5.28 Å². The lowest BCUT2D eigenvalue weighted by Crippen LogP contribution is -2.37. The summed E-state index contributed by atoms with van der Waals surface area (Å²) < 4.78 is 16.9. The Morgan fingerprint density at radius 1 is 1.21 bits per heavy atom. The van der Waals surface area contributed by atoms with Crippen molar-refractivity contribution in [1.29, 1.82) is 0 Å². The molecule has 1 atom stereocenters. The minimum atomic E-state index is -0.545. The van der Waals surface area contributed by atoms with Gasteiger partial charge in [-0.2, -0.15) is 0 Å². The number of aromatic nitrogens is 4. The quantitative estimate of drug-likeness (QED) is 0.451. The number of nitrogens with zero attached hydrogens (tertiary/aromatic N) is 6. The predicted molar refractivity (Wildman–Crippen MR) is 106 cm³/mol. The van der Waals surface area contributed by atoms with Gasteiger partial charge in [0, 0.05) is 37.9 Å². The third kappa shape index (κ3) is 4.30. The molecule has 0 aliphatic carbocycles. The third-order valence-electron chi connectivity index (χ3n) is 5.00. The Morgan fingerprint density at radius 2 is 1.97 bits per heavy atom. The van der Waals surface area contributed by atoms with Crippen molar-refractivity contribution < 1.29 is 9.31 Å². The van der Waals surface area contributed by atoms with Crippen molar-refractivity contribution in [2.45, 2.75) is 26.6 Å². The van der Waals surface area contributed by atoms with Crippen LogP contribution in [-0.2, 0) is 19.6 Å². The summed E-state index contributed by atoms with van der Waals surface area (Å²) in [6.07, 6.45) is 3.38. The van der Waals surface area contributed by atoms with Crippen LogP contribution in [0.5, 0.6) is 0 Å². The third-order valence-corrected chi connectivity index (χ3v) is 5.30. The fourth-order valence-corrected chi connectivity index (χ4v) is 3.85. The van der Waals surface area contributed by atoms with Crippen LogP contribution in [0.15, 0.2) is 36.7 Å². The van der Waals surface area contributed by atoms with Gasteiger partial charge in [-0.05, 0) is 51.7 Å². The van der Waals surface area contributed by atoms with Gasteiger partial charge in [0.25, 0.3) is 0 Å². The Hall–Kier alpha value is -2.78. The molecule has 8 nitrogen and oxygen atoms in total. The maximum atomic E-state index is 13.1. The lowest BCUT2D eigenvalue weighted by Gasteiger charge is -2.29. The highest BCUT2D eigenvalue weighted by atomic mass is 35.5. The van der Waals surface area contributed by atoms with E-state index in [2.05, 4.69) is 21.4 Å². The zero-order valence-corrected chi connectivity index (χ0v) is 16.6. The number of rotatable bonds is 6. The van der Waals surface area contributed by atoms with Crippen molar-refractivity contribution in [3.05, 3.63) is 63.7 Å². The highest BCUT2D eigenvalue weighted by Crippen LogP contribution is 2.23. The zero-order valence-electron chi connectivity index (χ0n) is 15.8. The van der Waals surface area contributed by atoms with Gasteiger partial charge < -0.3 is 14.7 Å². The van der Waals surface area contributed by atoms with E-state index in [1.54, 1.807) is 16.7 Å². The van der Waals surface area contributed by atoms with Crippen molar-refractivity contribution >= 4 is 17.4 Å². The summed E-state index contributed by atoms with van der Waals surface area (Å²) in [4.78, 5) is 21.1. The van der Waals surface area contributed by atoms with Gasteiger partial charge in [-0.25, -0.2) is 9.37 Å². The minimum Gasteiger partial charge on any atom is -0.358 e. The second kappa shape index (κ2) is 7.92. The number of benzene rings is 1. The molecule has 3 heterocycles. The second-order valence-corrected chi connectivity index (χ2v) is 7.70. The van der Waals surface area contributed by atoms with E-state index in [0.29, 0.717) is 13.1 Å². The highest BCUT2D eigenvalue weighted by Gasteiger charge is 2.23. The van der Waals surface area contributed by atoms with E-state index in [1.807, 2.05) is 6.20 Å². The summed E-state index contributed by atoms with van der Waals surface area (Å²) in [6.45, 7) is 5.85. The van der Waals surface area contributed by atoms with Crippen molar-refractivity contribution in [2.24, 2.45) is 5.92 Å². The number of halogens is 2.